The summed E-state index contributed by atoms with van der Waals surface area (Å²) >= 11 is 1.77. The fourth-order valence-electron chi connectivity index (χ4n) is 1.63. The zero-order valence-electron chi connectivity index (χ0n) is 10.5. The molecule has 0 heterocycles. The van der Waals surface area contributed by atoms with Crippen LogP contribution in [0.2, 0.25) is 0 Å². The van der Waals surface area contributed by atoms with E-state index in [0.29, 0.717) is 0 Å². The van der Waals surface area contributed by atoms with Crippen molar-refractivity contribution in [2.24, 2.45) is 5.73 Å². The minimum Gasteiger partial charge on any atom is -0.366 e. The van der Waals surface area contributed by atoms with Gasteiger partial charge in [-0.25, -0.2) is 0 Å². The third-order valence-corrected chi connectivity index (χ3v) is 3.61. The van der Waals surface area contributed by atoms with Gasteiger partial charge in [-0.1, -0.05) is 42.5 Å². The van der Waals surface area contributed by atoms with Gasteiger partial charge in [0.2, 0.25) is 5.91 Å². The van der Waals surface area contributed by atoms with Crippen LogP contribution in [0.5, 0.6) is 0 Å². The van der Waals surface area contributed by atoms with E-state index >= 15 is 0 Å². The molecule has 19 heavy (non-hydrogen) atoms. The van der Waals surface area contributed by atoms with Crippen molar-refractivity contribution in [3.05, 3.63) is 71.8 Å². The molecular weight excluding hydrogens is 254 g/mol. The van der Waals surface area contributed by atoms with Crippen LogP contribution in [0.1, 0.15) is 11.1 Å². The summed E-state index contributed by atoms with van der Waals surface area (Å²) in [5.41, 5.74) is 7.36. The number of carbonyl (C=O) groups excluding carboxylic acids is 1. The van der Waals surface area contributed by atoms with Crippen LogP contribution < -0.4 is 5.73 Å². The van der Waals surface area contributed by atoms with Gasteiger partial charge < -0.3 is 5.73 Å². The predicted molar refractivity (Wildman–Crippen MR) is 80.7 cm³/mol. The fourth-order valence-corrected chi connectivity index (χ4v) is 2.55. The normalized spacial score (nSPS) is 10.7. The lowest BCUT2D eigenvalue weighted by Crippen LogP contribution is -2.05. The average Bonchev–Trinajstić information content (AvgIpc) is 2.44. The zero-order chi connectivity index (χ0) is 13.5. The maximum absolute atomic E-state index is 10.7. The summed E-state index contributed by atoms with van der Waals surface area (Å²) in [4.78, 5) is 11.9. The van der Waals surface area contributed by atoms with Crippen LogP contribution in [0, 0.1) is 0 Å². The molecule has 0 spiro atoms. The maximum atomic E-state index is 10.7. The largest absolute Gasteiger partial charge is 0.366 e. The lowest BCUT2D eigenvalue weighted by atomic mass is 10.2. The number of hydrogen-bond acceptors (Lipinski definition) is 2. The van der Waals surface area contributed by atoms with Gasteiger partial charge in [-0.3, -0.25) is 4.79 Å². The van der Waals surface area contributed by atoms with Crippen molar-refractivity contribution in [3.8, 4) is 0 Å². The van der Waals surface area contributed by atoms with Crippen molar-refractivity contribution in [2.45, 2.75) is 10.6 Å². The summed E-state index contributed by atoms with van der Waals surface area (Å²) in [6.07, 6.45) is 3.11. The van der Waals surface area contributed by atoms with Crippen molar-refractivity contribution in [2.75, 3.05) is 0 Å². The quantitative estimate of drug-likeness (QED) is 0.667. The Morgan fingerprint density at radius 2 is 1.89 bits per heavy atom. The number of benzene rings is 2. The molecule has 2 N–H and O–H groups in total. The third-order valence-electron chi connectivity index (χ3n) is 2.55. The number of rotatable bonds is 5. The van der Waals surface area contributed by atoms with Gasteiger partial charge in [0.25, 0.3) is 0 Å². The summed E-state index contributed by atoms with van der Waals surface area (Å²) in [5, 5.41) is 0. The lowest BCUT2D eigenvalue weighted by molar-refractivity contribution is -0.113. The summed E-state index contributed by atoms with van der Waals surface area (Å²) in [5.74, 6) is 0.506. The number of thioether (sulfide) groups is 1. The molecule has 0 saturated carbocycles. The van der Waals surface area contributed by atoms with E-state index in [1.165, 1.54) is 16.5 Å². The van der Waals surface area contributed by atoms with E-state index in [4.69, 9.17) is 5.73 Å². The SMILES string of the molecule is NC(=O)C=Cc1cccc(SCc2ccccc2)c1. The number of nitrogens with two attached hydrogens (primary N) is 1. The molecule has 2 aromatic rings. The highest BCUT2D eigenvalue weighted by molar-refractivity contribution is 7.98. The summed E-state index contributed by atoms with van der Waals surface area (Å²) < 4.78 is 0. The van der Waals surface area contributed by atoms with Crippen LogP contribution >= 0.6 is 11.8 Å². The molecular formula is C16H15NOS. The highest BCUT2D eigenvalue weighted by atomic mass is 32.2. The van der Waals surface area contributed by atoms with Crippen LogP contribution in [-0.2, 0) is 10.5 Å². The van der Waals surface area contributed by atoms with Crippen molar-refractivity contribution in [1.82, 2.24) is 0 Å². The third kappa shape index (κ3) is 4.64. The Morgan fingerprint density at radius 3 is 2.63 bits per heavy atom. The molecule has 0 aliphatic heterocycles. The summed E-state index contributed by atoms with van der Waals surface area (Å²) in [7, 11) is 0. The Hall–Kier alpha value is -2.00. The Bertz CT molecular complexity index is 578. The Balaban J connectivity index is 2.01. The van der Waals surface area contributed by atoms with Gasteiger partial charge in [-0.05, 0) is 29.3 Å². The van der Waals surface area contributed by atoms with Crippen molar-refractivity contribution in [1.29, 1.82) is 0 Å². The first-order chi connectivity index (χ1) is 9.24. The Kier molecular flexibility index (Phi) is 4.81. The molecule has 2 nitrogen and oxygen atoms in total. The van der Waals surface area contributed by atoms with E-state index < -0.39 is 5.91 Å². The number of carbonyl (C=O) groups is 1. The van der Waals surface area contributed by atoms with Gasteiger partial charge in [0.15, 0.2) is 0 Å². The van der Waals surface area contributed by atoms with Gasteiger partial charge in [-0.15, -0.1) is 11.8 Å². The lowest BCUT2D eigenvalue weighted by Gasteiger charge is -2.03. The molecule has 0 aliphatic rings. The predicted octanol–water partition coefficient (Wildman–Crippen LogP) is 3.48. The number of amides is 1. The second-order valence-electron chi connectivity index (χ2n) is 4.08. The smallest absolute Gasteiger partial charge is 0.241 e. The first-order valence-electron chi connectivity index (χ1n) is 5.98. The molecule has 0 aromatic heterocycles. The topological polar surface area (TPSA) is 43.1 Å². The minimum absolute atomic E-state index is 0.428. The van der Waals surface area contributed by atoms with Crippen molar-refractivity contribution in [3.63, 3.8) is 0 Å². The van der Waals surface area contributed by atoms with Crippen molar-refractivity contribution < 1.29 is 4.79 Å². The van der Waals surface area contributed by atoms with Crippen LogP contribution in [0.4, 0.5) is 0 Å². The van der Waals surface area contributed by atoms with Gasteiger partial charge >= 0.3 is 0 Å². The fraction of sp³-hybridized carbons (Fsp3) is 0.0625. The standard InChI is InChI=1S/C16H15NOS/c17-16(18)10-9-13-7-4-8-15(11-13)19-12-14-5-2-1-3-6-14/h1-11H,12H2,(H2,17,18). The molecule has 96 valence electrons. The Morgan fingerprint density at radius 1 is 1.11 bits per heavy atom. The molecule has 0 fully saturated rings. The minimum atomic E-state index is -0.428. The molecule has 3 heteroatoms. The van der Waals surface area contributed by atoms with Crippen molar-refractivity contribution >= 4 is 23.7 Å². The van der Waals surface area contributed by atoms with Gasteiger partial charge in [0, 0.05) is 16.7 Å². The van der Waals surface area contributed by atoms with E-state index in [1.807, 2.05) is 36.4 Å². The van der Waals surface area contributed by atoms with E-state index in [9.17, 15) is 4.79 Å². The highest BCUT2D eigenvalue weighted by Crippen LogP contribution is 2.23. The summed E-state index contributed by atoms with van der Waals surface area (Å²) in [6.45, 7) is 0. The average molecular weight is 269 g/mol. The van der Waals surface area contributed by atoms with E-state index in [1.54, 1.807) is 17.8 Å². The van der Waals surface area contributed by atoms with Gasteiger partial charge in [0.05, 0.1) is 0 Å². The molecule has 0 aliphatic carbocycles. The van der Waals surface area contributed by atoms with Crippen LogP contribution in [0.3, 0.4) is 0 Å². The number of hydrogen-bond donors (Lipinski definition) is 1. The molecule has 1 amide bonds. The first-order valence-corrected chi connectivity index (χ1v) is 6.97. The molecule has 0 saturated heterocycles. The van der Waals surface area contributed by atoms with Crippen LogP contribution in [0.15, 0.2) is 65.6 Å². The van der Waals surface area contributed by atoms with E-state index in [0.717, 1.165) is 11.3 Å². The van der Waals surface area contributed by atoms with Crippen LogP contribution in [0.25, 0.3) is 6.08 Å². The van der Waals surface area contributed by atoms with Gasteiger partial charge in [0.1, 0.15) is 0 Å². The van der Waals surface area contributed by atoms with E-state index in [2.05, 4.69) is 18.2 Å². The molecule has 0 bridgehead atoms. The maximum Gasteiger partial charge on any atom is 0.241 e. The van der Waals surface area contributed by atoms with Crippen LogP contribution in [-0.4, -0.2) is 5.91 Å². The molecule has 0 atom stereocenters. The number of primary amides is 1. The second-order valence-corrected chi connectivity index (χ2v) is 5.13. The molecule has 0 radical (unpaired) electrons. The second kappa shape index (κ2) is 6.81. The highest BCUT2D eigenvalue weighted by Gasteiger charge is 1.97. The summed E-state index contributed by atoms with van der Waals surface area (Å²) in [6, 6.07) is 18.4. The van der Waals surface area contributed by atoms with E-state index in [-0.39, 0.29) is 0 Å². The van der Waals surface area contributed by atoms with Gasteiger partial charge in [-0.2, -0.15) is 0 Å². The Labute approximate surface area is 117 Å². The molecule has 2 aromatic carbocycles. The zero-order valence-corrected chi connectivity index (χ0v) is 11.3. The monoisotopic (exact) mass is 269 g/mol. The molecule has 2 rings (SSSR count). The molecule has 0 unspecified atom stereocenters. The first kappa shape index (κ1) is 13.4.